The summed E-state index contributed by atoms with van der Waals surface area (Å²) in [6, 6.07) is 11.4. The molecule has 7 heteroatoms. The van der Waals surface area contributed by atoms with Gasteiger partial charge in [-0.25, -0.2) is 14.6 Å². The first-order valence-electron chi connectivity index (χ1n) is 8.01. The highest BCUT2D eigenvalue weighted by Gasteiger charge is 2.41. The fourth-order valence-corrected chi connectivity index (χ4v) is 2.93. The number of aromatic nitrogens is 4. The summed E-state index contributed by atoms with van der Waals surface area (Å²) in [7, 11) is 1.66. The van der Waals surface area contributed by atoms with E-state index in [0.717, 1.165) is 17.7 Å². The van der Waals surface area contributed by atoms with Crippen LogP contribution in [0.4, 0.5) is 0 Å². The molecule has 1 N–H and O–H groups in total. The van der Waals surface area contributed by atoms with Gasteiger partial charge >= 0.3 is 0 Å². The summed E-state index contributed by atoms with van der Waals surface area (Å²) in [6.45, 7) is 0. The van der Waals surface area contributed by atoms with Crippen LogP contribution in [0.1, 0.15) is 28.3 Å². The molecule has 1 amide bonds. The van der Waals surface area contributed by atoms with Gasteiger partial charge in [0, 0.05) is 23.7 Å². The molecule has 1 aliphatic rings. The lowest BCUT2D eigenvalue weighted by atomic mass is 10.1. The van der Waals surface area contributed by atoms with Crippen molar-refractivity contribution in [2.75, 3.05) is 7.11 Å². The molecule has 7 nitrogen and oxygen atoms in total. The van der Waals surface area contributed by atoms with Crippen molar-refractivity contribution >= 4 is 5.91 Å². The fourth-order valence-electron chi connectivity index (χ4n) is 2.93. The van der Waals surface area contributed by atoms with E-state index < -0.39 is 0 Å². The second kappa shape index (κ2) is 6.35. The number of pyridine rings is 1. The summed E-state index contributed by atoms with van der Waals surface area (Å²) >= 11 is 0. The Morgan fingerprint density at radius 2 is 2.20 bits per heavy atom. The van der Waals surface area contributed by atoms with Gasteiger partial charge in [-0.05, 0) is 30.2 Å². The van der Waals surface area contributed by atoms with E-state index in [9.17, 15) is 4.79 Å². The van der Waals surface area contributed by atoms with E-state index in [1.165, 1.54) is 11.0 Å². The molecule has 1 aliphatic carbocycles. The number of nitrogens with zero attached hydrogens (tertiary/aromatic N) is 4. The lowest BCUT2D eigenvalue weighted by molar-refractivity contribution is 0.0950. The Labute approximate surface area is 144 Å². The summed E-state index contributed by atoms with van der Waals surface area (Å²) in [6.07, 6.45) is 5.47. The van der Waals surface area contributed by atoms with E-state index in [1.54, 1.807) is 31.8 Å². The van der Waals surface area contributed by atoms with Crippen molar-refractivity contribution in [2.24, 2.45) is 0 Å². The Morgan fingerprint density at radius 1 is 1.32 bits per heavy atom. The Bertz CT molecular complexity index is 894. The van der Waals surface area contributed by atoms with Crippen LogP contribution in [0.15, 0.2) is 55.2 Å². The highest BCUT2D eigenvalue weighted by molar-refractivity contribution is 5.95. The van der Waals surface area contributed by atoms with Crippen LogP contribution in [0.3, 0.4) is 0 Å². The van der Waals surface area contributed by atoms with Crippen LogP contribution in [0.25, 0.3) is 5.82 Å². The van der Waals surface area contributed by atoms with E-state index in [2.05, 4.69) is 20.4 Å². The van der Waals surface area contributed by atoms with Crippen molar-refractivity contribution in [1.29, 1.82) is 0 Å². The highest BCUT2D eigenvalue weighted by atomic mass is 16.5. The van der Waals surface area contributed by atoms with Gasteiger partial charge in [0.05, 0.1) is 7.11 Å². The monoisotopic (exact) mass is 335 g/mol. The van der Waals surface area contributed by atoms with Gasteiger partial charge in [0.1, 0.15) is 18.4 Å². The van der Waals surface area contributed by atoms with E-state index in [-0.39, 0.29) is 17.9 Å². The smallest absolute Gasteiger partial charge is 0.251 e. The zero-order chi connectivity index (χ0) is 17.2. The molecule has 2 heterocycles. The first-order chi connectivity index (χ1) is 12.3. The van der Waals surface area contributed by atoms with Crippen LogP contribution in [-0.4, -0.2) is 38.8 Å². The summed E-state index contributed by atoms with van der Waals surface area (Å²) in [5.74, 6) is 1.59. The van der Waals surface area contributed by atoms with E-state index in [4.69, 9.17) is 4.74 Å². The highest BCUT2D eigenvalue weighted by Crippen LogP contribution is 2.44. The van der Waals surface area contributed by atoms with Gasteiger partial charge in [0.25, 0.3) is 5.91 Å². The third-order valence-corrected chi connectivity index (χ3v) is 4.31. The normalized spacial score (nSPS) is 18.6. The third-order valence-electron chi connectivity index (χ3n) is 4.31. The maximum absolute atomic E-state index is 12.5. The fraction of sp³-hybridized carbons (Fsp3) is 0.222. The first-order valence-corrected chi connectivity index (χ1v) is 8.01. The minimum atomic E-state index is -0.119. The van der Waals surface area contributed by atoms with Gasteiger partial charge in [-0.1, -0.05) is 18.2 Å². The summed E-state index contributed by atoms with van der Waals surface area (Å²) in [5, 5.41) is 7.10. The molecule has 0 saturated heterocycles. The number of methoxy groups -OCH3 is 1. The zero-order valence-corrected chi connectivity index (χ0v) is 13.7. The quantitative estimate of drug-likeness (QED) is 0.771. The molecule has 1 fully saturated rings. The zero-order valence-electron chi connectivity index (χ0n) is 13.7. The van der Waals surface area contributed by atoms with Crippen LogP contribution in [0.5, 0.6) is 5.75 Å². The van der Waals surface area contributed by atoms with Gasteiger partial charge in [-0.3, -0.25) is 4.79 Å². The van der Waals surface area contributed by atoms with Crippen molar-refractivity contribution in [2.45, 2.75) is 18.4 Å². The van der Waals surface area contributed by atoms with E-state index in [1.807, 2.05) is 24.3 Å². The minimum absolute atomic E-state index is 0.117. The Kier molecular flexibility index (Phi) is 3.89. The van der Waals surface area contributed by atoms with Crippen molar-refractivity contribution in [3.63, 3.8) is 0 Å². The van der Waals surface area contributed by atoms with Gasteiger partial charge in [-0.15, -0.1) is 0 Å². The van der Waals surface area contributed by atoms with Crippen LogP contribution >= 0.6 is 0 Å². The number of hydrogen-bond donors (Lipinski definition) is 1. The molecule has 126 valence electrons. The number of carbonyl (C=O) groups excluding carboxylic acids is 1. The van der Waals surface area contributed by atoms with Crippen LogP contribution in [0, 0.1) is 0 Å². The number of nitrogens with one attached hydrogen (secondary N) is 1. The average molecular weight is 335 g/mol. The van der Waals surface area contributed by atoms with Gasteiger partial charge in [0.15, 0.2) is 5.82 Å². The van der Waals surface area contributed by atoms with Gasteiger partial charge in [-0.2, -0.15) is 5.10 Å². The van der Waals surface area contributed by atoms with E-state index >= 15 is 0 Å². The molecule has 3 aromatic rings. The number of amides is 1. The van der Waals surface area contributed by atoms with Crippen molar-refractivity contribution in [3.8, 4) is 11.6 Å². The number of benzene rings is 1. The van der Waals surface area contributed by atoms with Crippen molar-refractivity contribution in [3.05, 3.63) is 66.4 Å². The van der Waals surface area contributed by atoms with Crippen molar-refractivity contribution < 1.29 is 9.53 Å². The van der Waals surface area contributed by atoms with Crippen LogP contribution in [0.2, 0.25) is 0 Å². The molecule has 2 aromatic heterocycles. The predicted octanol–water partition coefficient (Wildman–Crippen LogP) is 1.96. The van der Waals surface area contributed by atoms with Gasteiger partial charge < -0.3 is 10.1 Å². The molecule has 2 atom stereocenters. The molecule has 0 radical (unpaired) electrons. The topological polar surface area (TPSA) is 81.9 Å². The third kappa shape index (κ3) is 3.08. The number of hydrogen-bond acceptors (Lipinski definition) is 5. The maximum Gasteiger partial charge on any atom is 0.251 e. The van der Waals surface area contributed by atoms with Crippen LogP contribution < -0.4 is 10.1 Å². The molecule has 1 saturated carbocycles. The second-order valence-corrected chi connectivity index (χ2v) is 5.91. The lowest BCUT2D eigenvalue weighted by Crippen LogP contribution is -2.26. The minimum Gasteiger partial charge on any atom is -0.496 e. The molecular weight excluding hydrogens is 318 g/mol. The molecule has 0 bridgehead atoms. The predicted molar refractivity (Wildman–Crippen MR) is 90.8 cm³/mol. The summed E-state index contributed by atoms with van der Waals surface area (Å²) < 4.78 is 6.92. The number of para-hydroxylation sites is 1. The Morgan fingerprint density at radius 3 is 3.00 bits per heavy atom. The molecule has 0 spiro atoms. The Balaban J connectivity index is 1.46. The maximum atomic E-state index is 12.5. The van der Waals surface area contributed by atoms with Gasteiger partial charge in [0.2, 0.25) is 0 Å². The molecule has 1 aromatic carbocycles. The Hall–Kier alpha value is -3.22. The van der Waals surface area contributed by atoms with Crippen molar-refractivity contribution in [1.82, 2.24) is 25.1 Å². The average Bonchev–Trinajstić information content (AvgIpc) is 3.19. The molecule has 25 heavy (non-hydrogen) atoms. The molecule has 0 aliphatic heterocycles. The molecule has 4 rings (SSSR count). The largest absolute Gasteiger partial charge is 0.496 e. The first kappa shape index (κ1) is 15.3. The number of carbonyl (C=O) groups is 1. The standard InChI is InChI=1S/C18H17N5O2/c1-25-16-5-3-2-4-13(16)14-9-15(14)22-18(24)12-6-7-20-17(8-12)23-11-19-10-21-23/h2-8,10-11,14-15H,9H2,1H3,(H,22,24)/t14-,15-/m1/s1. The molecule has 0 unspecified atom stereocenters. The number of ether oxygens (including phenoxy) is 1. The molecular formula is C18H17N5O2. The lowest BCUT2D eigenvalue weighted by Gasteiger charge is -2.09. The number of rotatable bonds is 5. The van der Waals surface area contributed by atoms with Crippen LogP contribution in [-0.2, 0) is 0 Å². The summed E-state index contributed by atoms with van der Waals surface area (Å²) in [5.41, 5.74) is 1.68. The summed E-state index contributed by atoms with van der Waals surface area (Å²) in [4.78, 5) is 20.6. The SMILES string of the molecule is COc1ccccc1[C@H]1C[C@H]1NC(=O)c1ccnc(-n2cncn2)c1. The second-order valence-electron chi connectivity index (χ2n) is 5.91. The van der Waals surface area contributed by atoms with E-state index in [0.29, 0.717) is 11.4 Å².